The second-order valence-corrected chi connectivity index (χ2v) is 13.0. The molecule has 10 heteroatoms. The number of sulfone groups is 1. The van der Waals surface area contributed by atoms with Gasteiger partial charge in [0, 0.05) is 19.3 Å². The smallest absolute Gasteiger partial charge is 0.249 e. The molecule has 1 aliphatic heterocycles. The highest BCUT2D eigenvalue weighted by molar-refractivity contribution is 7.92. The van der Waals surface area contributed by atoms with Crippen molar-refractivity contribution < 1.29 is 27.6 Å². The molecule has 1 heterocycles. The molecule has 0 radical (unpaired) electrons. The number of nitrogens with two attached hydrogens (primary N) is 1. The summed E-state index contributed by atoms with van der Waals surface area (Å²) in [6.07, 6.45) is 6.48. The highest BCUT2D eigenvalue weighted by Gasteiger charge is 2.54. The third-order valence-electron chi connectivity index (χ3n) is 6.62. The molecule has 9 nitrogen and oxygen atoms in total. The first-order valence-corrected chi connectivity index (χ1v) is 14.8. The molecule has 0 saturated carbocycles. The number of carbonyl (C=O) groups is 2. The lowest BCUT2D eigenvalue weighted by molar-refractivity contribution is -0.203. The number of benzene rings is 1. The molecule has 1 fully saturated rings. The van der Waals surface area contributed by atoms with Crippen molar-refractivity contribution in [3.05, 3.63) is 42.0 Å². The predicted octanol–water partition coefficient (Wildman–Crippen LogP) is 3.37. The summed E-state index contributed by atoms with van der Waals surface area (Å²) in [5, 5.41) is 0. The zero-order valence-corrected chi connectivity index (χ0v) is 23.4. The minimum atomic E-state index is -3.96. The summed E-state index contributed by atoms with van der Waals surface area (Å²) in [7, 11) is -3.96. The molecule has 4 atom stereocenters. The molecule has 4 N–H and O–H groups in total. The van der Waals surface area contributed by atoms with E-state index in [-0.39, 0.29) is 24.7 Å². The average Bonchev–Trinajstić information content (AvgIpc) is 2.85. The van der Waals surface area contributed by atoms with Gasteiger partial charge >= 0.3 is 0 Å². The molecule has 1 aromatic carbocycles. The van der Waals surface area contributed by atoms with Crippen LogP contribution < -0.4 is 16.7 Å². The van der Waals surface area contributed by atoms with Crippen molar-refractivity contribution in [3.8, 4) is 0 Å². The van der Waals surface area contributed by atoms with Crippen LogP contribution in [0.4, 0.5) is 0 Å². The molecule has 1 aliphatic rings. The van der Waals surface area contributed by atoms with E-state index < -0.39 is 44.5 Å². The Kier molecular flexibility index (Phi) is 11.7. The van der Waals surface area contributed by atoms with E-state index in [1.165, 1.54) is 0 Å². The quantitative estimate of drug-likeness (QED) is 0.199. The molecule has 2 amide bonds. The van der Waals surface area contributed by atoms with Crippen LogP contribution in [0, 0.1) is 23.7 Å². The van der Waals surface area contributed by atoms with Crippen molar-refractivity contribution in [1.29, 1.82) is 0 Å². The second-order valence-electron chi connectivity index (χ2n) is 10.7. The van der Waals surface area contributed by atoms with E-state index in [0.29, 0.717) is 13.0 Å². The van der Waals surface area contributed by atoms with E-state index in [2.05, 4.69) is 10.9 Å². The Labute approximate surface area is 221 Å². The number of amides is 2. The van der Waals surface area contributed by atoms with Crippen molar-refractivity contribution in [1.82, 2.24) is 10.9 Å². The number of hydroxylamine groups is 1. The average molecular weight is 538 g/mol. The molecule has 2 rings (SSSR count). The summed E-state index contributed by atoms with van der Waals surface area (Å²) < 4.78 is 31.2. The summed E-state index contributed by atoms with van der Waals surface area (Å²) in [5.74, 6) is 1.75. The number of hydrogen-bond acceptors (Lipinski definition) is 7. The van der Waals surface area contributed by atoms with E-state index in [9.17, 15) is 18.0 Å². The zero-order valence-electron chi connectivity index (χ0n) is 22.6. The molecule has 0 spiro atoms. The summed E-state index contributed by atoms with van der Waals surface area (Å²) >= 11 is 0. The van der Waals surface area contributed by atoms with Crippen LogP contribution in [0.1, 0.15) is 65.4 Å². The number of carbonyl (C=O) groups excluding carboxylic acids is 2. The Morgan fingerprint density at radius 3 is 2.32 bits per heavy atom. The first-order chi connectivity index (χ1) is 17.4. The fraction of sp³-hybridized carbons (Fsp3) is 0.630. The number of rotatable bonds is 13. The lowest BCUT2D eigenvalue weighted by atomic mass is 9.72. The van der Waals surface area contributed by atoms with E-state index in [0.717, 1.165) is 24.7 Å². The van der Waals surface area contributed by atoms with Gasteiger partial charge in [-0.1, -0.05) is 70.2 Å². The molecular weight excluding hydrogens is 494 g/mol. The van der Waals surface area contributed by atoms with Gasteiger partial charge in [-0.3, -0.25) is 15.0 Å². The van der Waals surface area contributed by atoms with Crippen LogP contribution in [0.3, 0.4) is 0 Å². The fourth-order valence-electron chi connectivity index (χ4n) is 4.99. The summed E-state index contributed by atoms with van der Waals surface area (Å²) in [4.78, 5) is 32.6. The second kappa shape index (κ2) is 14.0. The van der Waals surface area contributed by atoms with Gasteiger partial charge in [0.15, 0.2) is 16.1 Å². The molecule has 1 aromatic rings. The maximum absolute atomic E-state index is 13.9. The number of nitrogens with one attached hydrogen (secondary N) is 2. The van der Waals surface area contributed by atoms with Crippen LogP contribution in [-0.4, -0.2) is 44.1 Å². The number of hydrogen-bond donors (Lipinski definition) is 3. The lowest BCUT2D eigenvalue weighted by Gasteiger charge is -2.41. The monoisotopic (exact) mass is 537 g/mol. The van der Waals surface area contributed by atoms with Crippen molar-refractivity contribution in [2.24, 2.45) is 29.5 Å². The first kappa shape index (κ1) is 31.0. The van der Waals surface area contributed by atoms with Gasteiger partial charge in [0.1, 0.15) is 4.75 Å². The molecule has 2 unspecified atom stereocenters. The maximum atomic E-state index is 13.9. The van der Waals surface area contributed by atoms with Gasteiger partial charge in [0.05, 0.1) is 11.8 Å². The summed E-state index contributed by atoms with van der Waals surface area (Å²) in [5.41, 5.74) is 5.38. The van der Waals surface area contributed by atoms with E-state index in [1.807, 2.05) is 58.0 Å². The standard InChI is InChI=1S/C27H43N3O6S/c1-19(2)17-22(25(31)29-28)24(26(32)30-36-23-13-9-10-16-35-23)27(18-20(3)4,37(5,33)34)15-14-21-11-7-6-8-12-21/h6-8,11-12,14-15,19-20,22-24H,9-10,13,16-18,28H2,1-5H3,(H,29,31)(H,30,32)/b15-14+/t22-,23?,24+,27?/m1/s1. The SMILES string of the molecule is CC(C)C[C@@H](C(=O)NN)[C@@H](C(=O)NOC1CCCCO1)C(/C=C/c1ccccc1)(CC(C)C)S(C)(=O)=O. The normalized spacial score (nSPS) is 19.9. The van der Waals surface area contributed by atoms with Gasteiger partial charge in [-0.25, -0.2) is 24.6 Å². The molecule has 0 bridgehead atoms. The van der Waals surface area contributed by atoms with Gasteiger partial charge in [0.2, 0.25) is 11.8 Å². The van der Waals surface area contributed by atoms with E-state index in [4.69, 9.17) is 15.4 Å². The van der Waals surface area contributed by atoms with Crippen molar-refractivity contribution in [3.63, 3.8) is 0 Å². The van der Waals surface area contributed by atoms with Gasteiger partial charge in [-0.05, 0) is 43.1 Å². The molecule has 208 valence electrons. The van der Waals surface area contributed by atoms with Gasteiger partial charge in [-0.15, -0.1) is 0 Å². The van der Waals surface area contributed by atoms with Gasteiger partial charge in [0.25, 0.3) is 0 Å². The predicted molar refractivity (Wildman–Crippen MR) is 144 cm³/mol. The van der Waals surface area contributed by atoms with E-state index >= 15 is 0 Å². The zero-order chi connectivity index (χ0) is 27.6. The molecule has 0 aromatic heterocycles. The minimum absolute atomic E-state index is 0.0189. The first-order valence-electron chi connectivity index (χ1n) is 12.9. The summed E-state index contributed by atoms with van der Waals surface area (Å²) in [6.45, 7) is 8.09. The molecule has 1 saturated heterocycles. The topological polar surface area (TPSA) is 137 Å². The molecular formula is C27H43N3O6S. The third kappa shape index (κ3) is 8.63. The van der Waals surface area contributed by atoms with Crippen LogP contribution in [0.15, 0.2) is 36.4 Å². The number of ether oxygens (including phenoxy) is 1. The Bertz CT molecular complexity index is 1010. The Balaban J connectivity index is 2.69. The van der Waals surface area contributed by atoms with Crippen molar-refractivity contribution >= 4 is 27.7 Å². The Morgan fingerprint density at radius 1 is 1.14 bits per heavy atom. The maximum Gasteiger partial charge on any atom is 0.249 e. The van der Waals surface area contributed by atoms with Crippen molar-refractivity contribution in [2.75, 3.05) is 12.9 Å². The Hall–Kier alpha value is -2.27. The van der Waals surface area contributed by atoms with Crippen LogP contribution in [-0.2, 0) is 29.0 Å². The van der Waals surface area contributed by atoms with Gasteiger partial charge in [-0.2, -0.15) is 0 Å². The van der Waals surface area contributed by atoms with Crippen LogP contribution in [0.25, 0.3) is 6.08 Å². The van der Waals surface area contributed by atoms with Crippen LogP contribution >= 0.6 is 0 Å². The largest absolute Gasteiger partial charge is 0.350 e. The highest BCUT2D eigenvalue weighted by atomic mass is 32.2. The van der Waals surface area contributed by atoms with Gasteiger partial charge < -0.3 is 4.74 Å². The highest BCUT2D eigenvalue weighted by Crippen LogP contribution is 2.42. The van der Waals surface area contributed by atoms with Crippen molar-refractivity contribution in [2.45, 2.75) is 70.8 Å². The van der Waals surface area contributed by atoms with Crippen LogP contribution in [0.2, 0.25) is 0 Å². The van der Waals surface area contributed by atoms with Crippen LogP contribution in [0.5, 0.6) is 0 Å². The fourth-order valence-corrected chi connectivity index (χ4v) is 6.67. The molecule has 0 aliphatic carbocycles. The van der Waals surface area contributed by atoms with E-state index in [1.54, 1.807) is 12.2 Å². The third-order valence-corrected chi connectivity index (χ3v) is 8.56. The lowest BCUT2D eigenvalue weighted by Crippen LogP contribution is -2.58. The number of hydrazine groups is 1. The molecule has 37 heavy (non-hydrogen) atoms. The minimum Gasteiger partial charge on any atom is -0.350 e. The summed E-state index contributed by atoms with van der Waals surface area (Å²) in [6, 6.07) is 9.23. The Morgan fingerprint density at radius 2 is 1.81 bits per heavy atom.